The number of Topliss-reactive ketones (excluding diaryl/α,β-unsaturated/α-hetero) is 1. The number of aromatic nitrogens is 1. The molecule has 0 bridgehead atoms. The molecule has 0 aliphatic rings. The predicted molar refractivity (Wildman–Crippen MR) is 128 cm³/mol. The van der Waals surface area contributed by atoms with Gasteiger partial charge in [-0.3, -0.25) is 4.79 Å². The zero-order valence-corrected chi connectivity index (χ0v) is 20.6. The number of amides is 1. The fraction of sp³-hybridized carbons (Fsp3) is 0.360. The molecule has 0 aliphatic carbocycles. The van der Waals surface area contributed by atoms with Crippen LogP contribution in [0.15, 0.2) is 41.3 Å². The largest absolute Gasteiger partial charge is 0.489 e. The van der Waals surface area contributed by atoms with E-state index in [0.29, 0.717) is 30.3 Å². The molecule has 1 N–H and O–H groups in total. The van der Waals surface area contributed by atoms with Gasteiger partial charge in [-0.1, -0.05) is 17.7 Å². The number of carbonyl (C=O) groups excluding carboxylic acids is 2. The fourth-order valence-electron chi connectivity index (χ4n) is 3.90. The average molecular weight is 489 g/mol. The molecule has 7 nitrogen and oxygen atoms in total. The summed E-state index contributed by atoms with van der Waals surface area (Å²) in [5.41, 5.74) is 2.32. The van der Waals surface area contributed by atoms with E-state index >= 15 is 0 Å². The summed E-state index contributed by atoms with van der Waals surface area (Å²) in [6, 6.07) is 9.14. The molecular formula is C25H29FN2O5S. The molecule has 2 aromatic carbocycles. The number of nitrogens with zero attached hydrogens (tertiary/aromatic N) is 1. The van der Waals surface area contributed by atoms with E-state index in [0.717, 1.165) is 17.2 Å². The third-order valence-corrected chi connectivity index (χ3v) is 7.40. The second-order valence-corrected chi connectivity index (χ2v) is 10.1. The minimum Gasteiger partial charge on any atom is -0.489 e. The Bertz CT molecular complexity index is 1330. The number of carbonyl (C=O) groups is 2. The monoisotopic (exact) mass is 488 g/mol. The maximum Gasteiger partial charge on any atom is 0.268 e. The van der Waals surface area contributed by atoms with Gasteiger partial charge in [0.05, 0.1) is 17.0 Å². The van der Waals surface area contributed by atoms with Crippen molar-refractivity contribution in [1.82, 2.24) is 9.29 Å². The summed E-state index contributed by atoms with van der Waals surface area (Å²) in [5.74, 6) is -0.915. The van der Waals surface area contributed by atoms with Crippen molar-refractivity contribution in [2.24, 2.45) is 0 Å². The van der Waals surface area contributed by atoms with E-state index < -0.39 is 15.8 Å². The quantitative estimate of drug-likeness (QED) is 0.434. The molecule has 0 spiro atoms. The summed E-state index contributed by atoms with van der Waals surface area (Å²) in [6.45, 7) is 6.70. The van der Waals surface area contributed by atoms with Crippen LogP contribution in [0.5, 0.6) is 5.75 Å². The molecule has 1 heterocycles. The van der Waals surface area contributed by atoms with Gasteiger partial charge in [0.1, 0.15) is 12.4 Å². The summed E-state index contributed by atoms with van der Waals surface area (Å²) in [7, 11) is -4.00. The second kappa shape index (κ2) is 10.4. The fourth-order valence-corrected chi connectivity index (χ4v) is 5.48. The van der Waals surface area contributed by atoms with Gasteiger partial charge in [0, 0.05) is 30.5 Å². The summed E-state index contributed by atoms with van der Waals surface area (Å²) in [6.07, 6.45) is 1.35. The Morgan fingerprint density at radius 3 is 2.38 bits per heavy atom. The van der Waals surface area contributed by atoms with E-state index in [2.05, 4.69) is 5.32 Å². The average Bonchev–Trinajstić information content (AvgIpc) is 3.02. The molecule has 34 heavy (non-hydrogen) atoms. The minimum absolute atomic E-state index is 0.0319. The first-order valence-corrected chi connectivity index (χ1v) is 12.5. The highest BCUT2D eigenvalue weighted by Gasteiger charge is 2.26. The summed E-state index contributed by atoms with van der Waals surface area (Å²) in [5, 5.41) is 3.12. The van der Waals surface area contributed by atoms with Gasteiger partial charge in [-0.15, -0.1) is 0 Å². The maximum absolute atomic E-state index is 15.0. The SMILES string of the molecule is CC(=O)CCCc1c(C)n(S(=O)(=O)c2ccc(C)cc2)c2cc(F)c(OCCNC(C)=O)cc12. The van der Waals surface area contributed by atoms with Crippen LogP contribution in [0.4, 0.5) is 4.39 Å². The summed E-state index contributed by atoms with van der Waals surface area (Å²) >= 11 is 0. The zero-order valence-electron chi connectivity index (χ0n) is 19.8. The summed E-state index contributed by atoms with van der Waals surface area (Å²) in [4.78, 5) is 22.6. The van der Waals surface area contributed by atoms with E-state index in [4.69, 9.17) is 4.74 Å². The first-order chi connectivity index (χ1) is 16.0. The van der Waals surface area contributed by atoms with Crippen molar-refractivity contribution >= 4 is 32.6 Å². The van der Waals surface area contributed by atoms with Crippen molar-refractivity contribution in [3.8, 4) is 5.75 Å². The van der Waals surface area contributed by atoms with Crippen LogP contribution in [0, 0.1) is 19.7 Å². The molecule has 0 radical (unpaired) electrons. The molecule has 0 atom stereocenters. The van der Waals surface area contributed by atoms with Gasteiger partial charge < -0.3 is 14.8 Å². The van der Waals surface area contributed by atoms with Crippen molar-refractivity contribution < 1.29 is 27.1 Å². The molecule has 1 aromatic heterocycles. The van der Waals surface area contributed by atoms with Crippen LogP contribution in [0.3, 0.4) is 0 Å². The molecule has 3 aromatic rings. The Hall–Kier alpha value is -3.20. The molecule has 0 saturated heterocycles. The molecule has 0 unspecified atom stereocenters. The van der Waals surface area contributed by atoms with Crippen LogP contribution >= 0.6 is 0 Å². The zero-order chi connectivity index (χ0) is 25.0. The lowest BCUT2D eigenvalue weighted by atomic mass is 10.0. The third-order valence-electron chi connectivity index (χ3n) is 5.58. The van der Waals surface area contributed by atoms with Crippen molar-refractivity contribution in [2.75, 3.05) is 13.2 Å². The van der Waals surface area contributed by atoms with Gasteiger partial charge in [0.15, 0.2) is 11.6 Å². The molecule has 0 saturated carbocycles. The smallest absolute Gasteiger partial charge is 0.268 e. The normalized spacial score (nSPS) is 11.6. The maximum atomic E-state index is 15.0. The molecule has 1 amide bonds. The van der Waals surface area contributed by atoms with E-state index in [9.17, 15) is 22.4 Å². The van der Waals surface area contributed by atoms with Gasteiger partial charge >= 0.3 is 0 Å². The number of ketones is 1. The Balaban J connectivity index is 2.12. The number of nitrogens with one attached hydrogen (secondary N) is 1. The first kappa shape index (κ1) is 25.4. The van der Waals surface area contributed by atoms with E-state index in [-0.39, 0.29) is 41.0 Å². The number of benzene rings is 2. The number of ether oxygens (including phenoxy) is 1. The molecule has 0 fully saturated rings. The number of rotatable bonds is 10. The highest BCUT2D eigenvalue weighted by atomic mass is 32.2. The van der Waals surface area contributed by atoms with Crippen molar-refractivity contribution in [3.05, 3.63) is 59.0 Å². The van der Waals surface area contributed by atoms with Gasteiger partial charge in [0.25, 0.3) is 10.0 Å². The minimum atomic E-state index is -4.00. The Labute approximate surface area is 199 Å². The lowest BCUT2D eigenvalue weighted by Crippen LogP contribution is -2.25. The van der Waals surface area contributed by atoms with E-state index in [1.54, 1.807) is 19.1 Å². The van der Waals surface area contributed by atoms with Crippen LogP contribution in [0.25, 0.3) is 10.9 Å². The number of fused-ring (bicyclic) bond motifs is 1. The standard InChI is InChI=1S/C25H29FN2O5S/c1-16-8-10-20(11-9-16)34(31,32)28-18(3)21(7-5-6-17(2)29)22-14-25(23(26)15-24(22)28)33-13-12-27-19(4)30/h8-11,14-15H,5-7,12-13H2,1-4H3,(H,27,30). The van der Waals surface area contributed by atoms with Gasteiger partial charge in [-0.2, -0.15) is 0 Å². The molecule has 182 valence electrons. The van der Waals surface area contributed by atoms with Crippen LogP contribution in [-0.2, 0) is 26.0 Å². The van der Waals surface area contributed by atoms with Crippen LogP contribution in [-0.4, -0.2) is 37.2 Å². The van der Waals surface area contributed by atoms with Crippen molar-refractivity contribution in [1.29, 1.82) is 0 Å². The topological polar surface area (TPSA) is 94.5 Å². The van der Waals surface area contributed by atoms with Gasteiger partial charge in [-0.25, -0.2) is 16.8 Å². The predicted octanol–water partition coefficient (Wildman–Crippen LogP) is 4.06. The van der Waals surface area contributed by atoms with Crippen LogP contribution in [0.1, 0.15) is 43.5 Å². The third kappa shape index (κ3) is 5.47. The lowest BCUT2D eigenvalue weighted by molar-refractivity contribution is -0.119. The lowest BCUT2D eigenvalue weighted by Gasteiger charge is -2.12. The highest BCUT2D eigenvalue weighted by molar-refractivity contribution is 7.90. The van der Waals surface area contributed by atoms with E-state index in [1.165, 1.54) is 36.0 Å². The van der Waals surface area contributed by atoms with Gasteiger partial charge in [-0.05, 0) is 57.4 Å². The Morgan fingerprint density at radius 2 is 1.76 bits per heavy atom. The molecule has 3 rings (SSSR count). The summed E-state index contributed by atoms with van der Waals surface area (Å²) < 4.78 is 48.8. The highest BCUT2D eigenvalue weighted by Crippen LogP contribution is 2.35. The van der Waals surface area contributed by atoms with Crippen LogP contribution in [0.2, 0.25) is 0 Å². The van der Waals surface area contributed by atoms with Crippen molar-refractivity contribution in [2.45, 2.75) is 51.9 Å². The number of hydrogen-bond donors (Lipinski definition) is 1. The Morgan fingerprint density at radius 1 is 1.09 bits per heavy atom. The van der Waals surface area contributed by atoms with Crippen molar-refractivity contribution in [3.63, 3.8) is 0 Å². The number of halogens is 1. The van der Waals surface area contributed by atoms with E-state index in [1.807, 2.05) is 6.92 Å². The second-order valence-electron chi connectivity index (χ2n) is 8.33. The number of hydrogen-bond acceptors (Lipinski definition) is 5. The van der Waals surface area contributed by atoms with Gasteiger partial charge in [0.2, 0.25) is 5.91 Å². The first-order valence-electron chi connectivity index (χ1n) is 11.0. The van der Waals surface area contributed by atoms with Crippen LogP contribution < -0.4 is 10.1 Å². The Kier molecular flexibility index (Phi) is 7.76. The molecule has 0 aliphatic heterocycles. The molecular weight excluding hydrogens is 459 g/mol. The molecule has 9 heteroatoms. The number of aryl methyl sites for hydroxylation is 2.